The van der Waals surface area contributed by atoms with E-state index in [9.17, 15) is 13.2 Å². The number of pyridine rings is 1. The molecule has 0 bridgehead atoms. The van der Waals surface area contributed by atoms with Crippen LogP contribution in [-0.4, -0.2) is 45.7 Å². The maximum absolute atomic E-state index is 12.7. The van der Waals surface area contributed by atoms with Gasteiger partial charge in [-0.15, -0.1) is 0 Å². The average Bonchev–Trinajstić information content (AvgIpc) is 3.03. The second kappa shape index (κ2) is 6.15. The molecular weight excluding hydrogens is 345 g/mol. The van der Waals surface area contributed by atoms with Crippen LogP contribution in [0.4, 0.5) is 24.8 Å². The van der Waals surface area contributed by atoms with Crippen molar-refractivity contribution in [2.45, 2.75) is 6.18 Å². The second-order valence-corrected chi connectivity index (χ2v) is 6.24. The topological polar surface area (TPSA) is 50.1 Å². The smallest absolute Gasteiger partial charge is 0.353 e. The number of fused-ring (bicyclic) bond motifs is 1. The van der Waals surface area contributed by atoms with Crippen LogP contribution in [0.3, 0.4) is 0 Å². The number of halogens is 3. The highest BCUT2D eigenvalue weighted by Crippen LogP contribution is 2.30. The van der Waals surface area contributed by atoms with Crippen molar-refractivity contribution in [2.75, 3.05) is 36.0 Å². The van der Waals surface area contributed by atoms with Gasteiger partial charge in [0, 0.05) is 45.6 Å². The molecule has 1 aliphatic rings. The van der Waals surface area contributed by atoms with E-state index >= 15 is 0 Å². The summed E-state index contributed by atoms with van der Waals surface area (Å²) in [7, 11) is 1.94. The Hall–Kier alpha value is -2.84. The summed E-state index contributed by atoms with van der Waals surface area (Å²) in [6.45, 7) is 2.75. The van der Waals surface area contributed by atoms with Gasteiger partial charge in [-0.05, 0) is 18.2 Å². The molecule has 0 amide bonds. The fraction of sp³-hybridized carbons (Fsp3) is 0.353. The van der Waals surface area contributed by atoms with Crippen LogP contribution in [0, 0.1) is 0 Å². The Balaban J connectivity index is 1.49. The molecule has 4 heterocycles. The van der Waals surface area contributed by atoms with Gasteiger partial charge in [-0.2, -0.15) is 13.2 Å². The van der Waals surface area contributed by atoms with E-state index in [1.807, 2.05) is 28.8 Å². The van der Waals surface area contributed by atoms with Crippen LogP contribution in [0.25, 0.3) is 11.0 Å². The van der Waals surface area contributed by atoms with Crippen molar-refractivity contribution in [1.82, 2.24) is 19.5 Å². The van der Waals surface area contributed by atoms with E-state index in [1.165, 1.54) is 6.07 Å². The summed E-state index contributed by atoms with van der Waals surface area (Å²) in [6.07, 6.45) is 0.0324. The largest absolute Gasteiger partial charge is 0.417 e. The molecule has 1 saturated heterocycles. The second-order valence-electron chi connectivity index (χ2n) is 6.24. The number of nitrogens with zero attached hydrogens (tertiary/aromatic N) is 6. The van der Waals surface area contributed by atoms with Crippen LogP contribution < -0.4 is 9.80 Å². The molecule has 1 fully saturated rings. The van der Waals surface area contributed by atoms with Crippen molar-refractivity contribution in [3.63, 3.8) is 0 Å². The maximum Gasteiger partial charge on any atom is 0.417 e. The standard InChI is InChI=1S/C17H17F3N6/c1-24-5-4-13-15(24)22-11-23-16(13)26-8-6-25(7-9-26)14-3-2-12(10-21-14)17(18,19)20/h2-5,10-11H,6-9H2,1H3. The average molecular weight is 362 g/mol. The van der Waals surface area contributed by atoms with Crippen LogP contribution in [-0.2, 0) is 13.2 Å². The number of hydrogen-bond donors (Lipinski definition) is 0. The Kier molecular flexibility index (Phi) is 3.93. The Morgan fingerprint density at radius 3 is 2.31 bits per heavy atom. The van der Waals surface area contributed by atoms with E-state index in [2.05, 4.69) is 19.9 Å². The van der Waals surface area contributed by atoms with Gasteiger partial charge >= 0.3 is 6.18 Å². The molecule has 0 aliphatic carbocycles. The lowest BCUT2D eigenvalue weighted by molar-refractivity contribution is -0.137. The van der Waals surface area contributed by atoms with Gasteiger partial charge in [0.1, 0.15) is 23.6 Å². The summed E-state index contributed by atoms with van der Waals surface area (Å²) in [5, 5.41) is 0.996. The predicted molar refractivity (Wildman–Crippen MR) is 92.2 cm³/mol. The number of alkyl halides is 3. The molecule has 3 aromatic heterocycles. The lowest BCUT2D eigenvalue weighted by atomic mass is 10.2. The zero-order chi connectivity index (χ0) is 18.3. The van der Waals surface area contributed by atoms with Crippen molar-refractivity contribution < 1.29 is 13.2 Å². The molecule has 4 rings (SSSR count). The van der Waals surface area contributed by atoms with Crippen molar-refractivity contribution in [3.8, 4) is 0 Å². The summed E-state index contributed by atoms with van der Waals surface area (Å²) in [6, 6.07) is 4.50. The minimum absolute atomic E-state index is 0.560. The van der Waals surface area contributed by atoms with Gasteiger partial charge < -0.3 is 14.4 Å². The molecule has 1 aliphatic heterocycles. The maximum atomic E-state index is 12.7. The quantitative estimate of drug-likeness (QED) is 0.702. The first-order valence-corrected chi connectivity index (χ1v) is 8.22. The van der Waals surface area contributed by atoms with Crippen molar-refractivity contribution in [2.24, 2.45) is 7.05 Å². The molecular formula is C17H17F3N6. The number of rotatable bonds is 2. The third-order valence-corrected chi connectivity index (χ3v) is 4.62. The van der Waals surface area contributed by atoms with E-state index in [0.717, 1.165) is 29.1 Å². The molecule has 6 nitrogen and oxygen atoms in total. The highest BCUT2D eigenvalue weighted by Gasteiger charge is 2.31. The number of hydrogen-bond acceptors (Lipinski definition) is 5. The molecule has 9 heteroatoms. The SMILES string of the molecule is Cn1ccc2c(N3CCN(c4ccc(C(F)(F)F)cn4)CC3)ncnc21. The van der Waals surface area contributed by atoms with E-state index < -0.39 is 11.7 Å². The van der Waals surface area contributed by atoms with E-state index in [4.69, 9.17) is 0 Å². The monoisotopic (exact) mass is 362 g/mol. The fourth-order valence-corrected chi connectivity index (χ4v) is 3.20. The molecule has 3 aromatic rings. The van der Waals surface area contributed by atoms with E-state index in [1.54, 1.807) is 6.33 Å². The van der Waals surface area contributed by atoms with Crippen LogP contribution in [0.5, 0.6) is 0 Å². The Bertz CT molecular complexity index is 910. The fourth-order valence-electron chi connectivity index (χ4n) is 3.20. The first-order chi connectivity index (χ1) is 12.4. The highest BCUT2D eigenvalue weighted by molar-refractivity contribution is 5.87. The van der Waals surface area contributed by atoms with Gasteiger partial charge in [0.05, 0.1) is 10.9 Å². The van der Waals surface area contributed by atoms with Crippen LogP contribution in [0.1, 0.15) is 5.56 Å². The van der Waals surface area contributed by atoms with E-state index in [-0.39, 0.29) is 0 Å². The van der Waals surface area contributed by atoms with Gasteiger partial charge in [-0.1, -0.05) is 0 Å². The molecule has 0 atom stereocenters. The minimum Gasteiger partial charge on any atom is -0.353 e. The summed E-state index contributed by atoms with van der Waals surface area (Å²) in [4.78, 5) is 16.9. The number of piperazine rings is 1. The molecule has 136 valence electrons. The highest BCUT2D eigenvalue weighted by atomic mass is 19.4. The van der Waals surface area contributed by atoms with Crippen molar-refractivity contribution >= 4 is 22.7 Å². The summed E-state index contributed by atoms with van der Waals surface area (Å²) >= 11 is 0. The molecule has 0 aromatic carbocycles. The summed E-state index contributed by atoms with van der Waals surface area (Å²) in [5.41, 5.74) is 0.147. The summed E-state index contributed by atoms with van der Waals surface area (Å²) < 4.78 is 39.9. The van der Waals surface area contributed by atoms with Gasteiger partial charge in [0.15, 0.2) is 0 Å². The summed E-state index contributed by atoms with van der Waals surface area (Å²) in [5.74, 6) is 1.45. The first kappa shape index (κ1) is 16.6. The number of aromatic nitrogens is 4. The Morgan fingerprint density at radius 2 is 1.65 bits per heavy atom. The van der Waals surface area contributed by atoms with Crippen LogP contribution >= 0.6 is 0 Å². The lowest BCUT2D eigenvalue weighted by Gasteiger charge is -2.36. The minimum atomic E-state index is -4.36. The zero-order valence-corrected chi connectivity index (χ0v) is 14.1. The number of aryl methyl sites for hydroxylation is 1. The molecule has 0 N–H and O–H groups in total. The van der Waals surface area contributed by atoms with Crippen LogP contribution in [0.2, 0.25) is 0 Å². The molecule has 0 spiro atoms. The molecule has 0 radical (unpaired) electrons. The van der Waals surface area contributed by atoms with Crippen molar-refractivity contribution in [1.29, 1.82) is 0 Å². The Labute approximate surface area is 147 Å². The first-order valence-electron chi connectivity index (χ1n) is 8.22. The molecule has 0 saturated carbocycles. The zero-order valence-electron chi connectivity index (χ0n) is 14.1. The number of anilines is 2. The van der Waals surface area contributed by atoms with Gasteiger partial charge in [-0.25, -0.2) is 15.0 Å². The predicted octanol–water partition coefficient (Wildman–Crippen LogP) is 2.71. The Morgan fingerprint density at radius 1 is 0.923 bits per heavy atom. The van der Waals surface area contributed by atoms with Crippen molar-refractivity contribution in [3.05, 3.63) is 42.5 Å². The molecule has 26 heavy (non-hydrogen) atoms. The third kappa shape index (κ3) is 2.93. The lowest BCUT2D eigenvalue weighted by Crippen LogP contribution is -2.47. The van der Waals surface area contributed by atoms with E-state index in [0.29, 0.717) is 32.0 Å². The van der Waals surface area contributed by atoms with Gasteiger partial charge in [-0.3, -0.25) is 0 Å². The normalized spacial score (nSPS) is 15.7. The van der Waals surface area contributed by atoms with Gasteiger partial charge in [0.2, 0.25) is 0 Å². The van der Waals surface area contributed by atoms with Crippen LogP contribution in [0.15, 0.2) is 36.9 Å². The third-order valence-electron chi connectivity index (χ3n) is 4.62. The van der Waals surface area contributed by atoms with Gasteiger partial charge in [0.25, 0.3) is 0 Å². The molecule has 0 unspecified atom stereocenters.